The Morgan fingerprint density at radius 3 is 2.37 bits per heavy atom. The van der Waals surface area contributed by atoms with Gasteiger partial charge in [0.15, 0.2) is 0 Å². The molecule has 158 valence electrons. The predicted molar refractivity (Wildman–Crippen MR) is 114 cm³/mol. The van der Waals surface area contributed by atoms with Crippen LogP contribution in [0.15, 0.2) is 54.7 Å². The van der Waals surface area contributed by atoms with Crippen molar-refractivity contribution < 1.29 is 24.5 Å². The van der Waals surface area contributed by atoms with Crippen LogP contribution in [-0.4, -0.2) is 38.3 Å². The van der Waals surface area contributed by atoms with Gasteiger partial charge in [0.1, 0.15) is 5.75 Å². The second kappa shape index (κ2) is 10.9. The molecule has 1 aromatic heterocycles. The van der Waals surface area contributed by atoms with Crippen molar-refractivity contribution in [2.75, 3.05) is 11.9 Å². The van der Waals surface area contributed by atoms with E-state index in [1.807, 2.05) is 73.3 Å². The first-order valence-corrected chi connectivity index (χ1v) is 9.39. The molecular weight excluding hydrogens is 410 g/mol. The molecule has 0 unspecified atom stereocenters. The summed E-state index contributed by atoms with van der Waals surface area (Å²) in [6.07, 6.45) is 1.87. The number of aliphatic carboxylic acids is 2. The van der Waals surface area contributed by atoms with Gasteiger partial charge < -0.3 is 24.8 Å². The predicted octanol–water partition coefficient (Wildman–Crippen LogP) is 3.91. The van der Waals surface area contributed by atoms with Crippen molar-refractivity contribution in [3.05, 3.63) is 65.3 Å². The average Bonchev–Trinajstić information content (AvgIpc) is 3.08. The first kappa shape index (κ1) is 22.8. The van der Waals surface area contributed by atoms with E-state index in [1.165, 1.54) is 0 Å². The SMILES string of the molecule is CCOc1ccc(-c2cnc(NCc3cccc(Cl)c3)n2C)cc1.O=C(O)C(=O)O. The lowest BCUT2D eigenvalue weighted by Gasteiger charge is -2.09. The molecule has 3 aromatic rings. The summed E-state index contributed by atoms with van der Waals surface area (Å²) in [6.45, 7) is 3.32. The van der Waals surface area contributed by atoms with E-state index in [4.69, 9.17) is 36.1 Å². The van der Waals surface area contributed by atoms with E-state index in [0.717, 1.165) is 33.5 Å². The molecule has 3 rings (SSSR count). The molecule has 0 aliphatic carbocycles. The molecule has 0 spiro atoms. The molecule has 0 aliphatic heterocycles. The first-order chi connectivity index (χ1) is 14.3. The number of carboxylic acids is 2. The minimum absolute atomic E-state index is 0.669. The van der Waals surface area contributed by atoms with Gasteiger partial charge in [0.25, 0.3) is 0 Å². The molecule has 0 radical (unpaired) electrons. The number of hydrogen-bond donors (Lipinski definition) is 3. The average molecular weight is 432 g/mol. The Bertz CT molecular complexity index is 990. The van der Waals surface area contributed by atoms with Gasteiger partial charge in [-0.2, -0.15) is 0 Å². The smallest absolute Gasteiger partial charge is 0.414 e. The number of carboxylic acid groups (broad SMARTS) is 2. The number of anilines is 1. The summed E-state index contributed by atoms with van der Waals surface area (Å²) in [7, 11) is 2.00. The summed E-state index contributed by atoms with van der Waals surface area (Å²) in [4.78, 5) is 22.7. The normalized spacial score (nSPS) is 9.97. The molecule has 0 atom stereocenters. The highest BCUT2D eigenvalue weighted by atomic mass is 35.5. The molecule has 0 saturated heterocycles. The van der Waals surface area contributed by atoms with Crippen LogP contribution in [0.4, 0.5) is 5.95 Å². The van der Waals surface area contributed by atoms with Crippen molar-refractivity contribution >= 4 is 29.5 Å². The van der Waals surface area contributed by atoms with Crippen LogP contribution in [-0.2, 0) is 23.2 Å². The van der Waals surface area contributed by atoms with Crippen LogP contribution in [0.1, 0.15) is 12.5 Å². The Morgan fingerprint density at radius 2 is 1.80 bits per heavy atom. The fourth-order valence-electron chi connectivity index (χ4n) is 2.56. The van der Waals surface area contributed by atoms with Crippen molar-refractivity contribution in [3.8, 4) is 17.0 Å². The van der Waals surface area contributed by atoms with Crippen LogP contribution < -0.4 is 10.1 Å². The van der Waals surface area contributed by atoms with E-state index in [-0.39, 0.29) is 0 Å². The fourth-order valence-corrected chi connectivity index (χ4v) is 2.77. The number of benzene rings is 2. The third-order valence-electron chi connectivity index (χ3n) is 3.97. The first-order valence-electron chi connectivity index (χ1n) is 9.01. The third-order valence-corrected chi connectivity index (χ3v) is 4.21. The van der Waals surface area contributed by atoms with Gasteiger partial charge in [-0.05, 0) is 48.9 Å². The molecule has 0 fully saturated rings. The topological polar surface area (TPSA) is 114 Å². The van der Waals surface area contributed by atoms with E-state index in [9.17, 15) is 0 Å². The van der Waals surface area contributed by atoms with Gasteiger partial charge in [0.2, 0.25) is 5.95 Å². The Hall–Kier alpha value is -3.52. The number of hydrogen-bond acceptors (Lipinski definition) is 5. The lowest BCUT2D eigenvalue weighted by molar-refractivity contribution is -0.159. The number of ether oxygens (including phenoxy) is 1. The van der Waals surface area contributed by atoms with E-state index in [1.54, 1.807) is 0 Å². The highest BCUT2D eigenvalue weighted by Gasteiger charge is 2.09. The van der Waals surface area contributed by atoms with Gasteiger partial charge >= 0.3 is 11.9 Å². The lowest BCUT2D eigenvalue weighted by atomic mass is 10.1. The molecule has 1 heterocycles. The third kappa shape index (κ3) is 6.52. The van der Waals surface area contributed by atoms with Crippen molar-refractivity contribution in [1.29, 1.82) is 0 Å². The Labute approximate surface area is 178 Å². The molecule has 3 N–H and O–H groups in total. The molecule has 30 heavy (non-hydrogen) atoms. The Morgan fingerprint density at radius 1 is 1.13 bits per heavy atom. The van der Waals surface area contributed by atoms with Gasteiger partial charge in [-0.3, -0.25) is 0 Å². The Balaban J connectivity index is 0.000000469. The zero-order valence-corrected chi connectivity index (χ0v) is 17.3. The van der Waals surface area contributed by atoms with E-state index in [2.05, 4.69) is 10.3 Å². The molecule has 8 nitrogen and oxygen atoms in total. The number of aromatic nitrogens is 2. The number of rotatable bonds is 6. The zero-order chi connectivity index (χ0) is 22.1. The second-order valence-electron chi connectivity index (χ2n) is 6.08. The minimum Gasteiger partial charge on any atom is -0.494 e. The maximum absolute atomic E-state index is 9.10. The molecule has 9 heteroatoms. The van der Waals surface area contributed by atoms with Gasteiger partial charge in [-0.15, -0.1) is 0 Å². The summed E-state index contributed by atoms with van der Waals surface area (Å²) >= 11 is 6.02. The van der Waals surface area contributed by atoms with Gasteiger partial charge in [-0.1, -0.05) is 23.7 Å². The molecule has 0 saturated carbocycles. The van der Waals surface area contributed by atoms with E-state index in [0.29, 0.717) is 13.2 Å². The van der Waals surface area contributed by atoms with Gasteiger partial charge in [0, 0.05) is 24.2 Å². The highest BCUT2D eigenvalue weighted by molar-refractivity contribution is 6.30. The fraction of sp³-hybridized carbons (Fsp3) is 0.190. The molecule has 2 aromatic carbocycles. The zero-order valence-electron chi connectivity index (χ0n) is 16.5. The van der Waals surface area contributed by atoms with Gasteiger partial charge in [0.05, 0.1) is 18.5 Å². The lowest BCUT2D eigenvalue weighted by Crippen LogP contribution is -2.09. The summed E-state index contributed by atoms with van der Waals surface area (Å²) < 4.78 is 7.53. The van der Waals surface area contributed by atoms with Gasteiger partial charge in [-0.25, -0.2) is 14.6 Å². The summed E-state index contributed by atoms with van der Waals surface area (Å²) in [5.41, 5.74) is 3.27. The summed E-state index contributed by atoms with van der Waals surface area (Å²) in [5, 5.41) is 18.9. The van der Waals surface area contributed by atoms with Crippen LogP contribution in [0, 0.1) is 0 Å². The maximum atomic E-state index is 9.10. The molecule has 0 bridgehead atoms. The van der Waals surface area contributed by atoms with Crippen LogP contribution >= 0.6 is 11.6 Å². The van der Waals surface area contributed by atoms with Crippen molar-refractivity contribution in [2.45, 2.75) is 13.5 Å². The number of carbonyl (C=O) groups is 2. The molecule has 0 aliphatic rings. The number of nitrogens with zero attached hydrogens (tertiary/aromatic N) is 2. The number of imidazole rings is 1. The Kier molecular flexibility index (Phi) is 8.25. The van der Waals surface area contributed by atoms with Crippen LogP contribution in [0.25, 0.3) is 11.3 Å². The van der Waals surface area contributed by atoms with Crippen molar-refractivity contribution in [1.82, 2.24) is 9.55 Å². The highest BCUT2D eigenvalue weighted by Crippen LogP contribution is 2.24. The number of halogens is 1. The monoisotopic (exact) mass is 431 g/mol. The quantitative estimate of drug-likeness (QED) is 0.507. The molecular formula is C21H22ClN3O5. The second-order valence-corrected chi connectivity index (χ2v) is 6.51. The van der Waals surface area contributed by atoms with Crippen molar-refractivity contribution in [2.24, 2.45) is 7.05 Å². The van der Waals surface area contributed by atoms with Crippen LogP contribution in [0.2, 0.25) is 5.02 Å². The van der Waals surface area contributed by atoms with Crippen LogP contribution in [0.3, 0.4) is 0 Å². The summed E-state index contributed by atoms with van der Waals surface area (Å²) in [6, 6.07) is 15.8. The van der Waals surface area contributed by atoms with Crippen LogP contribution in [0.5, 0.6) is 5.75 Å². The number of nitrogens with one attached hydrogen (secondary N) is 1. The molecule has 0 amide bonds. The maximum Gasteiger partial charge on any atom is 0.414 e. The van der Waals surface area contributed by atoms with E-state index >= 15 is 0 Å². The summed E-state index contributed by atoms with van der Waals surface area (Å²) in [5.74, 6) is -1.95. The standard InChI is InChI=1S/C19H20ClN3O.C2H2O4/c1-3-24-17-9-7-15(8-10-17)18-13-22-19(23(18)2)21-12-14-5-4-6-16(20)11-14;3-1(4)2(5)6/h4-11,13H,3,12H2,1-2H3,(H,21,22);(H,3,4)(H,5,6). The largest absolute Gasteiger partial charge is 0.494 e. The minimum atomic E-state index is -1.82. The van der Waals surface area contributed by atoms with Crippen molar-refractivity contribution in [3.63, 3.8) is 0 Å². The van der Waals surface area contributed by atoms with E-state index < -0.39 is 11.9 Å².